The van der Waals surface area contributed by atoms with Crippen molar-refractivity contribution in [3.8, 4) is 5.75 Å². The first-order chi connectivity index (χ1) is 13.8. The average molecular weight is 397 g/mol. The number of aryl methyl sites for hydroxylation is 1. The first kappa shape index (κ1) is 20.9. The van der Waals surface area contributed by atoms with Gasteiger partial charge in [0, 0.05) is 18.7 Å². The molecule has 0 aromatic heterocycles. The number of hydrogen-bond acceptors (Lipinski definition) is 4. The summed E-state index contributed by atoms with van der Waals surface area (Å²) < 4.78 is 5.23. The number of aliphatic hydroxyl groups excluding tert-OH is 1. The molecule has 0 radical (unpaired) electrons. The van der Waals surface area contributed by atoms with E-state index in [2.05, 4.69) is 0 Å². The number of rotatable bonds is 5. The summed E-state index contributed by atoms with van der Waals surface area (Å²) in [5, 5.41) is 20.8. The van der Waals surface area contributed by atoms with E-state index in [1.165, 1.54) is 0 Å². The molecule has 1 aliphatic heterocycles. The first-order valence-corrected chi connectivity index (χ1v) is 9.68. The van der Waals surface area contributed by atoms with Gasteiger partial charge < -0.3 is 19.8 Å². The lowest BCUT2D eigenvalue weighted by Crippen LogP contribution is -2.58. The second-order valence-electron chi connectivity index (χ2n) is 7.77. The van der Waals surface area contributed by atoms with E-state index in [1.807, 2.05) is 32.0 Å². The third kappa shape index (κ3) is 3.98. The number of carboxylic acid groups (broad SMARTS) is 1. The standard InChI is InChI=1S/C23H27NO5/c1-15-6-4-9-19(16(15)2)21(26)24-11-10-20(25)23(14-24,22(27)28)13-17-7-5-8-18(12-17)29-3/h4-9,12,20,25H,10-11,13-14H2,1-3H3,(H,27,28)/t20-,23-/m1/s1. The van der Waals surface area contributed by atoms with Crippen LogP contribution in [0.1, 0.15) is 33.5 Å². The third-order valence-electron chi connectivity index (χ3n) is 5.99. The van der Waals surface area contributed by atoms with Crippen molar-refractivity contribution >= 4 is 11.9 Å². The lowest BCUT2D eigenvalue weighted by atomic mass is 9.72. The molecular formula is C23H27NO5. The van der Waals surface area contributed by atoms with Crippen LogP contribution in [0.25, 0.3) is 0 Å². The van der Waals surface area contributed by atoms with Gasteiger partial charge >= 0.3 is 5.97 Å². The molecule has 6 nitrogen and oxygen atoms in total. The second kappa shape index (κ2) is 8.25. The molecule has 154 valence electrons. The van der Waals surface area contributed by atoms with Gasteiger partial charge in [-0.05, 0) is 61.6 Å². The SMILES string of the molecule is COc1cccc(C[C@@]2(C(=O)O)CN(C(=O)c3cccc(C)c3C)CC[C@H]2O)c1. The van der Waals surface area contributed by atoms with E-state index in [0.717, 1.165) is 16.7 Å². The van der Waals surface area contributed by atoms with E-state index in [0.29, 0.717) is 17.9 Å². The summed E-state index contributed by atoms with van der Waals surface area (Å²) >= 11 is 0. The van der Waals surface area contributed by atoms with Crippen LogP contribution < -0.4 is 4.74 Å². The Morgan fingerprint density at radius 2 is 1.93 bits per heavy atom. The monoisotopic (exact) mass is 397 g/mol. The highest BCUT2D eigenvalue weighted by atomic mass is 16.5. The second-order valence-corrected chi connectivity index (χ2v) is 7.77. The fraction of sp³-hybridized carbons (Fsp3) is 0.391. The lowest BCUT2D eigenvalue weighted by molar-refractivity contribution is -0.161. The van der Waals surface area contributed by atoms with Gasteiger partial charge in [0.25, 0.3) is 5.91 Å². The van der Waals surface area contributed by atoms with E-state index >= 15 is 0 Å². The molecule has 1 aliphatic rings. The number of hydrogen-bond donors (Lipinski definition) is 2. The summed E-state index contributed by atoms with van der Waals surface area (Å²) in [6.07, 6.45) is -0.724. The summed E-state index contributed by atoms with van der Waals surface area (Å²) in [4.78, 5) is 27.1. The van der Waals surface area contributed by atoms with Crippen molar-refractivity contribution in [1.29, 1.82) is 0 Å². The number of aliphatic hydroxyl groups is 1. The van der Waals surface area contributed by atoms with Gasteiger partial charge in [0.15, 0.2) is 0 Å². The summed E-state index contributed by atoms with van der Waals surface area (Å²) in [5.41, 5.74) is 1.73. The molecule has 0 spiro atoms. The largest absolute Gasteiger partial charge is 0.497 e. The zero-order valence-corrected chi connectivity index (χ0v) is 17.0. The van der Waals surface area contributed by atoms with E-state index in [9.17, 15) is 19.8 Å². The summed E-state index contributed by atoms with van der Waals surface area (Å²) in [6.45, 7) is 4.10. The van der Waals surface area contributed by atoms with Crippen molar-refractivity contribution in [2.24, 2.45) is 5.41 Å². The molecule has 1 fully saturated rings. The summed E-state index contributed by atoms with van der Waals surface area (Å²) in [6, 6.07) is 12.7. The van der Waals surface area contributed by atoms with Gasteiger partial charge in [-0.15, -0.1) is 0 Å². The molecule has 29 heavy (non-hydrogen) atoms. The van der Waals surface area contributed by atoms with Crippen molar-refractivity contribution in [2.45, 2.75) is 32.8 Å². The van der Waals surface area contributed by atoms with Gasteiger partial charge in [0.1, 0.15) is 11.2 Å². The van der Waals surface area contributed by atoms with E-state index in [1.54, 1.807) is 36.3 Å². The maximum Gasteiger partial charge on any atom is 0.314 e. The van der Waals surface area contributed by atoms with Gasteiger partial charge in [-0.25, -0.2) is 0 Å². The number of nitrogens with zero attached hydrogens (tertiary/aromatic N) is 1. The number of carbonyl (C=O) groups excluding carboxylic acids is 1. The Hall–Kier alpha value is -2.86. The third-order valence-corrected chi connectivity index (χ3v) is 5.99. The molecule has 2 aromatic rings. The molecular weight excluding hydrogens is 370 g/mol. The van der Waals surface area contributed by atoms with Crippen LogP contribution in [0, 0.1) is 19.3 Å². The number of amides is 1. The highest BCUT2D eigenvalue weighted by Gasteiger charge is 2.50. The van der Waals surface area contributed by atoms with Crippen LogP contribution in [0.4, 0.5) is 0 Å². The molecule has 0 bridgehead atoms. The van der Waals surface area contributed by atoms with Crippen LogP contribution in [0.15, 0.2) is 42.5 Å². The minimum atomic E-state index is -1.47. The van der Waals surface area contributed by atoms with E-state index in [4.69, 9.17) is 4.74 Å². The Bertz CT molecular complexity index is 925. The molecule has 2 atom stereocenters. The highest BCUT2D eigenvalue weighted by Crippen LogP contribution is 2.36. The van der Waals surface area contributed by atoms with Crippen molar-refractivity contribution in [3.05, 3.63) is 64.7 Å². The molecule has 0 saturated carbocycles. The number of carbonyl (C=O) groups is 2. The lowest BCUT2D eigenvalue weighted by Gasteiger charge is -2.43. The maximum absolute atomic E-state index is 13.2. The van der Waals surface area contributed by atoms with Gasteiger partial charge in [-0.2, -0.15) is 0 Å². The fourth-order valence-electron chi connectivity index (χ4n) is 4.01. The van der Waals surface area contributed by atoms with Crippen molar-refractivity contribution in [3.63, 3.8) is 0 Å². The van der Waals surface area contributed by atoms with E-state index < -0.39 is 17.5 Å². The molecule has 0 unspecified atom stereocenters. The molecule has 2 N–H and O–H groups in total. The Morgan fingerprint density at radius 1 is 1.21 bits per heavy atom. The Morgan fingerprint density at radius 3 is 2.62 bits per heavy atom. The minimum Gasteiger partial charge on any atom is -0.497 e. The van der Waals surface area contributed by atoms with Crippen LogP contribution in [0.3, 0.4) is 0 Å². The number of piperidine rings is 1. The number of aliphatic carboxylic acids is 1. The minimum absolute atomic E-state index is 0.0487. The Kier molecular flexibility index (Phi) is 5.94. The maximum atomic E-state index is 13.2. The van der Waals surface area contributed by atoms with Gasteiger partial charge in [0.05, 0.1) is 13.2 Å². The van der Waals surface area contributed by atoms with Crippen LogP contribution in [0.2, 0.25) is 0 Å². The van der Waals surface area contributed by atoms with Gasteiger partial charge in [-0.1, -0.05) is 24.3 Å². The molecule has 2 aromatic carbocycles. The normalized spacial score (nSPS) is 21.7. The molecule has 3 rings (SSSR count). The summed E-state index contributed by atoms with van der Waals surface area (Å²) in [7, 11) is 1.55. The summed E-state index contributed by atoms with van der Waals surface area (Å²) in [5.74, 6) is -0.683. The predicted molar refractivity (Wildman–Crippen MR) is 109 cm³/mol. The van der Waals surface area contributed by atoms with Crippen molar-refractivity contribution in [1.82, 2.24) is 4.90 Å². The molecule has 1 amide bonds. The van der Waals surface area contributed by atoms with Crippen LogP contribution >= 0.6 is 0 Å². The number of benzene rings is 2. The fourth-order valence-corrected chi connectivity index (χ4v) is 4.01. The quantitative estimate of drug-likeness (QED) is 0.810. The first-order valence-electron chi connectivity index (χ1n) is 9.68. The zero-order valence-electron chi connectivity index (χ0n) is 17.0. The number of carboxylic acids is 1. The molecule has 6 heteroatoms. The zero-order chi connectivity index (χ0) is 21.2. The number of likely N-dealkylation sites (tertiary alicyclic amines) is 1. The molecule has 1 heterocycles. The Balaban J connectivity index is 1.93. The average Bonchev–Trinajstić information content (AvgIpc) is 2.71. The number of methoxy groups -OCH3 is 1. The van der Waals surface area contributed by atoms with Crippen LogP contribution in [-0.2, 0) is 11.2 Å². The highest BCUT2D eigenvalue weighted by molar-refractivity contribution is 5.96. The Labute approximate surface area is 170 Å². The van der Waals surface area contributed by atoms with Gasteiger partial charge in [0.2, 0.25) is 0 Å². The molecule has 0 aliphatic carbocycles. The van der Waals surface area contributed by atoms with Crippen molar-refractivity contribution < 1.29 is 24.5 Å². The van der Waals surface area contributed by atoms with Crippen LogP contribution in [0.5, 0.6) is 5.75 Å². The number of ether oxygens (including phenoxy) is 1. The smallest absolute Gasteiger partial charge is 0.314 e. The predicted octanol–water partition coefficient (Wildman–Crippen LogP) is 2.83. The van der Waals surface area contributed by atoms with Crippen LogP contribution in [-0.4, -0.2) is 53.3 Å². The van der Waals surface area contributed by atoms with E-state index in [-0.39, 0.29) is 25.3 Å². The van der Waals surface area contributed by atoms with Crippen molar-refractivity contribution in [2.75, 3.05) is 20.2 Å². The topological polar surface area (TPSA) is 87.1 Å². The van der Waals surface area contributed by atoms with Gasteiger partial charge in [-0.3, -0.25) is 9.59 Å². The molecule has 1 saturated heterocycles.